The summed E-state index contributed by atoms with van der Waals surface area (Å²) in [6.07, 6.45) is -5.66. The number of rotatable bonds is 6. The summed E-state index contributed by atoms with van der Waals surface area (Å²) in [5, 5.41) is 11.9. The standard InChI is InChI=1S/C13H17F3N2O4/c1-18(7-10(19)8-21-2)12(20)17-9-4-3-5-11(6-9)22-13(14,15)16/h3-6,10,19H,7-8H2,1-2H3,(H,17,20)/t10-/m0/s1. The van der Waals surface area contributed by atoms with E-state index < -0.39 is 24.2 Å². The molecule has 0 bridgehead atoms. The van der Waals surface area contributed by atoms with E-state index in [0.717, 1.165) is 12.1 Å². The van der Waals surface area contributed by atoms with Gasteiger partial charge in [-0.25, -0.2) is 4.79 Å². The van der Waals surface area contributed by atoms with Crippen molar-refractivity contribution in [1.29, 1.82) is 0 Å². The summed E-state index contributed by atoms with van der Waals surface area (Å²) in [7, 11) is 2.85. The lowest BCUT2D eigenvalue weighted by Gasteiger charge is -2.21. The number of aliphatic hydroxyl groups excluding tert-OH is 1. The summed E-state index contributed by atoms with van der Waals surface area (Å²) in [5.41, 5.74) is 0.139. The molecule has 2 amide bonds. The topological polar surface area (TPSA) is 71.0 Å². The molecule has 1 atom stereocenters. The highest BCUT2D eigenvalue weighted by Crippen LogP contribution is 2.25. The highest BCUT2D eigenvalue weighted by molar-refractivity contribution is 5.89. The average Bonchev–Trinajstić information content (AvgIpc) is 2.37. The van der Waals surface area contributed by atoms with Gasteiger partial charge < -0.3 is 24.8 Å². The van der Waals surface area contributed by atoms with E-state index in [4.69, 9.17) is 4.74 Å². The number of nitrogens with zero attached hydrogens (tertiary/aromatic N) is 1. The highest BCUT2D eigenvalue weighted by Gasteiger charge is 2.31. The van der Waals surface area contributed by atoms with Crippen molar-refractivity contribution < 1.29 is 32.5 Å². The summed E-state index contributed by atoms with van der Waals surface area (Å²) in [4.78, 5) is 13.0. The van der Waals surface area contributed by atoms with E-state index >= 15 is 0 Å². The van der Waals surface area contributed by atoms with Crippen LogP contribution in [0.2, 0.25) is 0 Å². The summed E-state index contributed by atoms with van der Waals surface area (Å²) in [5.74, 6) is -0.438. The number of benzene rings is 1. The van der Waals surface area contributed by atoms with Crippen LogP contribution in [0, 0.1) is 0 Å². The fraction of sp³-hybridized carbons (Fsp3) is 0.462. The zero-order valence-corrected chi connectivity index (χ0v) is 12.1. The summed E-state index contributed by atoms with van der Waals surface area (Å²) < 4.78 is 44.9. The molecule has 1 aromatic rings. The minimum absolute atomic E-state index is 0.0123. The molecule has 22 heavy (non-hydrogen) atoms. The number of alkyl halides is 3. The van der Waals surface area contributed by atoms with Crippen LogP contribution in [-0.4, -0.2) is 55.8 Å². The Kier molecular flexibility index (Phi) is 6.44. The molecule has 0 aromatic heterocycles. The first kappa shape index (κ1) is 18.1. The van der Waals surface area contributed by atoms with Gasteiger partial charge >= 0.3 is 12.4 Å². The van der Waals surface area contributed by atoms with Crippen LogP contribution in [0.25, 0.3) is 0 Å². The van der Waals surface area contributed by atoms with Crippen LogP contribution in [-0.2, 0) is 4.74 Å². The van der Waals surface area contributed by atoms with E-state index in [2.05, 4.69) is 10.1 Å². The maximum atomic E-state index is 12.1. The number of likely N-dealkylation sites (N-methyl/N-ethyl adjacent to an activating group) is 1. The Morgan fingerprint density at radius 2 is 2.14 bits per heavy atom. The van der Waals surface area contributed by atoms with Crippen molar-refractivity contribution in [2.45, 2.75) is 12.5 Å². The van der Waals surface area contributed by atoms with Crippen molar-refractivity contribution in [3.8, 4) is 5.75 Å². The highest BCUT2D eigenvalue weighted by atomic mass is 19.4. The number of aliphatic hydroxyl groups is 1. The molecule has 1 aromatic carbocycles. The van der Waals surface area contributed by atoms with Crippen molar-refractivity contribution >= 4 is 11.7 Å². The van der Waals surface area contributed by atoms with Gasteiger partial charge in [0.2, 0.25) is 0 Å². The Labute approximate surface area is 125 Å². The third-order valence-corrected chi connectivity index (χ3v) is 2.51. The van der Waals surface area contributed by atoms with Crippen LogP contribution in [0.4, 0.5) is 23.7 Å². The van der Waals surface area contributed by atoms with E-state index in [9.17, 15) is 23.1 Å². The molecule has 0 radical (unpaired) electrons. The molecule has 6 nitrogen and oxygen atoms in total. The molecule has 0 saturated carbocycles. The van der Waals surface area contributed by atoms with Gasteiger partial charge in [0.15, 0.2) is 0 Å². The molecule has 0 saturated heterocycles. The zero-order chi connectivity index (χ0) is 16.8. The predicted molar refractivity (Wildman–Crippen MR) is 72.7 cm³/mol. The first-order chi connectivity index (χ1) is 10.2. The molecule has 0 fully saturated rings. The number of methoxy groups -OCH3 is 1. The van der Waals surface area contributed by atoms with Crippen molar-refractivity contribution in [1.82, 2.24) is 4.90 Å². The summed E-state index contributed by atoms with van der Waals surface area (Å²) in [6.45, 7) is 0.0743. The van der Waals surface area contributed by atoms with Crippen LogP contribution in [0.1, 0.15) is 0 Å². The van der Waals surface area contributed by atoms with Gasteiger partial charge in [-0.05, 0) is 12.1 Å². The third-order valence-electron chi connectivity index (χ3n) is 2.51. The molecule has 2 N–H and O–H groups in total. The zero-order valence-electron chi connectivity index (χ0n) is 12.1. The van der Waals surface area contributed by atoms with E-state index in [-0.39, 0.29) is 18.8 Å². The van der Waals surface area contributed by atoms with Gasteiger partial charge in [0.1, 0.15) is 5.75 Å². The number of halogens is 3. The molecule has 124 valence electrons. The third kappa shape index (κ3) is 6.64. The fourth-order valence-corrected chi connectivity index (χ4v) is 1.63. The minimum atomic E-state index is -4.80. The van der Waals surface area contributed by atoms with Crippen molar-refractivity contribution in [2.24, 2.45) is 0 Å². The molecule has 1 rings (SSSR count). The average molecular weight is 322 g/mol. The molecule has 0 heterocycles. The number of carbonyl (C=O) groups excluding carboxylic acids is 1. The second-order valence-electron chi connectivity index (χ2n) is 4.50. The largest absolute Gasteiger partial charge is 0.573 e. The maximum Gasteiger partial charge on any atom is 0.573 e. The number of hydrogen-bond acceptors (Lipinski definition) is 4. The van der Waals surface area contributed by atoms with Gasteiger partial charge in [-0.2, -0.15) is 0 Å². The Bertz CT molecular complexity index is 496. The van der Waals surface area contributed by atoms with Gasteiger partial charge in [-0.1, -0.05) is 6.07 Å². The van der Waals surface area contributed by atoms with Gasteiger partial charge in [-0.15, -0.1) is 13.2 Å². The van der Waals surface area contributed by atoms with Crippen LogP contribution in [0.15, 0.2) is 24.3 Å². The molecular weight excluding hydrogens is 305 g/mol. The lowest BCUT2D eigenvalue weighted by Crippen LogP contribution is -2.38. The Hall–Kier alpha value is -2.00. The number of urea groups is 1. The minimum Gasteiger partial charge on any atom is -0.406 e. The van der Waals surface area contributed by atoms with Crippen molar-refractivity contribution in [3.05, 3.63) is 24.3 Å². The van der Waals surface area contributed by atoms with Gasteiger partial charge in [-0.3, -0.25) is 0 Å². The molecule has 0 aliphatic rings. The van der Waals surface area contributed by atoms with Crippen molar-refractivity contribution in [2.75, 3.05) is 32.6 Å². The molecule has 0 aliphatic carbocycles. The lowest BCUT2D eigenvalue weighted by molar-refractivity contribution is -0.274. The van der Waals surface area contributed by atoms with Crippen LogP contribution in [0.3, 0.4) is 0 Å². The van der Waals surface area contributed by atoms with Crippen molar-refractivity contribution in [3.63, 3.8) is 0 Å². The van der Waals surface area contributed by atoms with E-state index in [1.807, 2.05) is 0 Å². The van der Waals surface area contributed by atoms with E-state index in [1.165, 1.54) is 31.2 Å². The normalized spacial score (nSPS) is 12.6. The maximum absolute atomic E-state index is 12.1. The second-order valence-corrected chi connectivity index (χ2v) is 4.50. The van der Waals surface area contributed by atoms with Gasteiger partial charge in [0, 0.05) is 25.9 Å². The molecule has 0 unspecified atom stereocenters. The summed E-state index contributed by atoms with van der Waals surface area (Å²) >= 11 is 0. The van der Waals surface area contributed by atoms with Crippen LogP contribution in [0.5, 0.6) is 5.75 Å². The number of anilines is 1. The fourth-order valence-electron chi connectivity index (χ4n) is 1.63. The van der Waals surface area contributed by atoms with E-state index in [1.54, 1.807) is 0 Å². The molecule has 9 heteroatoms. The Balaban J connectivity index is 2.62. The predicted octanol–water partition coefficient (Wildman–Crippen LogP) is 2.06. The monoisotopic (exact) mass is 322 g/mol. The van der Waals surface area contributed by atoms with E-state index in [0.29, 0.717) is 0 Å². The molecular formula is C13H17F3N2O4. The second kappa shape index (κ2) is 7.85. The Morgan fingerprint density at radius 1 is 1.45 bits per heavy atom. The quantitative estimate of drug-likeness (QED) is 0.841. The first-order valence-electron chi connectivity index (χ1n) is 6.26. The van der Waals surface area contributed by atoms with Gasteiger partial charge in [0.25, 0.3) is 0 Å². The Morgan fingerprint density at radius 3 is 2.73 bits per heavy atom. The SMILES string of the molecule is COC[C@@H](O)CN(C)C(=O)Nc1cccc(OC(F)(F)F)c1. The van der Waals surface area contributed by atoms with Gasteiger partial charge in [0.05, 0.1) is 19.3 Å². The summed E-state index contributed by atoms with van der Waals surface area (Å²) in [6, 6.07) is 4.32. The lowest BCUT2D eigenvalue weighted by atomic mass is 10.3. The number of amides is 2. The molecule has 0 spiro atoms. The van der Waals surface area contributed by atoms with Crippen LogP contribution < -0.4 is 10.1 Å². The smallest absolute Gasteiger partial charge is 0.406 e. The number of ether oxygens (including phenoxy) is 2. The molecule has 0 aliphatic heterocycles. The first-order valence-corrected chi connectivity index (χ1v) is 6.26. The number of nitrogens with one attached hydrogen (secondary N) is 1. The number of carbonyl (C=O) groups is 1. The van der Waals surface area contributed by atoms with Crippen LogP contribution >= 0.6 is 0 Å². The number of hydrogen-bond donors (Lipinski definition) is 2.